The Balaban J connectivity index is 1.46. The van der Waals surface area contributed by atoms with Gasteiger partial charge in [-0.1, -0.05) is 39.3 Å². The van der Waals surface area contributed by atoms with E-state index in [0.29, 0.717) is 18.8 Å². The monoisotopic (exact) mass is 500 g/mol. The molecule has 1 heterocycles. The second-order valence-electron chi connectivity index (χ2n) is 12.5. The van der Waals surface area contributed by atoms with Gasteiger partial charge < -0.3 is 45.2 Å². The van der Waals surface area contributed by atoms with Crippen LogP contribution >= 0.6 is 0 Å². The smallest absolute Gasteiger partial charge is 0.186 e. The topological polar surface area (TPSA) is 160 Å². The van der Waals surface area contributed by atoms with Crippen LogP contribution in [0.5, 0.6) is 0 Å². The molecule has 0 radical (unpaired) electrons. The molecule has 0 amide bonds. The number of allylic oxidation sites excluding steroid dienone is 1. The molecule has 0 aromatic rings. The number of hydrogen-bond acceptors (Lipinski definition) is 9. The summed E-state index contributed by atoms with van der Waals surface area (Å²) in [4.78, 5) is 0. The zero-order valence-electron chi connectivity index (χ0n) is 21.2. The average molecular weight is 501 g/mol. The first kappa shape index (κ1) is 27.4. The fourth-order valence-corrected chi connectivity index (χ4v) is 7.74. The van der Waals surface area contributed by atoms with E-state index in [1.54, 1.807) is 0 Å². The third-order valence-corrected chi connectivity index (χ3v) is 9.95. The molecule has 0 unspecified atom stereocenters. The van der Waals surface area contributed by atoms with E-state index in [1.807, 2.05) is 6.92 Å². The Bertz CT molecular complexity index is 800. The first-order valence-electron chi connectivity index (χ1n) is 12.9. The number of rotatable bonds is 5. The first-order valence-corrected chi connectivity index (χ1v) is 12.9. The van der Waals surface area contributed by atoms with Crippen LogP contribution in [-0.2, 0) is 9.47 Å². The van der Waals surface area contributed by atoms with E-state index in [1.165, 1.54) is 5.57 Å². The molecule has 4 rings (SSSR count). The zero-order valence-corrected chi connectivity index (χ0v) is 21.2. The van der Waals surface area contributed by atoms with Crippen molar-refractivity contribution >= 4 is 0 Å². The van der Waals surface area contributed by atoms with Crippen molar-refractivity contribution in [1.29, 1.82) is 0 Å². The number of aliphatic hydroxyl groups is 7. The quantitative estimate of drug-likeness (QED) is 0.259. The van der Waals surface area contributed by atoms with Crippen molar-refractivity contribution in [2.75, 3.05) is 13.2 Å². The molecule has 35 heavy (non-hydrogen) atoms. The van der Waals surface area contributed by atoms with Gasteiger partial charge in [0, 0.05) is 5.41 Å². The Kier molecular flexibility index (Phi) is 7.52. The molecule has 0 aromatic carbocycles. The molecule has 0 spiro atoms. The van der Waals surface area contributed by atoms with Crippen LogP contribution in [0.2, 0.25) is 0 Å². The Labute approximate surface area is 207 Å². The highest BCUT2D eigenvalue weighted by atomic mass is 16.7. The van der Waals surface area contributed by atoms with Gasteiger partial charge in [0.1, 0.15) is 24.4 Å². The predicted octanol–water partition coefficient (Wildman–Crippen LogP) is 0.0745. The molecule has 2 saturated carbocycles. The van der Waals surface area contributed by atoms with Crippen LogP contribution in [0.4, 0.5) is 0 Å². The minimum atomic E-state index is -1.53. The molecule has 1 saturated heterocycles. The van der Waals surface area contributed by atoms with Crippen LogP contribution in [0.3, 0.4) is 0 Å². The Morgan fingerprint density at radius 2 is 1.71 bits per heavy atom. The van der Waals surface area contributed by atoms with Gasteiger partial charge in [-0.05, 0) is 54.8 Å². The van der Waals surface area contributed by atoms with Crippen molar-refractivity contribution in [1.82, 2.24) is 0 Å². The van der Waals surface area contributed by atoms with E-state index in [2.05, 4.69) is 26.8 Å². The summed E-state index contributed by atoms with van der Waals surface area (Å²) in [6.07, 6.45) is -3.14. The van der Waals surface area contributed by atoms with Gasteiger partial charge in [-0.2, -0.15) is 0 Å². The van der Waals surface area contributed by atoms with Crippen molar-refractivity contribution in [3.8, 4) is 0 Å². The minimum Gasteiger partial charge on any atom is -0.394 e. The first-order chi connectivity index (χ1) is 16.3. The van der Waals surface area contributed by atoms with Crippen LogP contribution < -0.4 is 0 Å². The minimum absolute atomic E-state index is 0.134. The lowest BCUT2D eigenvalue weighted by Gasteiger charge is -2.62. The molecule has 0 bridgehead atoms. The van der Waals surface area contributed by atoms with E-state index in [0.717, 1.165) is 19.3 Å². The Morgan fingerprint density at radius 1 is 1.03 bits per heavy atom. The van der Waals surface area contributed by atoms with Gasteiger partial charge in [-0.15, -0.1) is 0 Å². The molecule has 9 heteroatoms. The summed E-state index contributed by atoms with van der Waals surface area (Å²) in [5.74, 6) is 0.564. The van der Waals surface area contributed by atoms with E-state index in [4.69, 9.17) is 9.47 Å². The molecule has 0 aromatic heterocycles. The highest BCUT2D eigenvalue weighted by molar-refractivity contribution is 5.26. The van der Waals surface area contributed by atoms with Crippen molar-refractivity contribution in [3.05, 3.63) is 11.6 Å². The molecule has 1 aliphatic heterocycles. The molecular formula is C26H44O9. The summed E-state index contributed by atoms with van der Waals surface area (Å²) in [6, 6.07) is 0. The number of fused-ring (bicyclic) bond motifs is 3. The van der Waals surface area contributed by atoms with E-state index in [-0.39, 0.29) is 23.4 Å². The average Bonchev–Trinajstić information content (AvgIpc) is 2.80. The van der Waals surface area contributed by atoms with Crippen molar-refractivity contribution in [2.24, 2.45) is 28.1 Å². The highest BCUT2D eigenvalue weighted by Gasteiger charge is 2.60. The van der Waals surface area contributed by atoms with E-state index in [9.17, 15) is 35.7 Å². The second-order valence-corrected chi connectivity index (χ2v) is 12.5. The second kappa shape index (κ2) is 9.60. The van der Waals surface area contributed by atoms with E-state index < -0.39 is 61.0 Å². The third kappa shape index (κ3) is 4.51. The van der Waals surface area contributed by atoms with Gasteiger partial charge >= 0.3 is 0 Å². The van der Waals surface area contributed by atoms with Gasteiger partial charge in [0.15, 0.2) is 6.29 Å². The summed E-state index contributed by atoms with van der Waals surface area (Å²) in [5, 5.41) is 71.9. The van der Waals surface area contributed by atoms with Crippen LogP contribution in [0.25, 0.3) is 0 Å². The van der Waals surface area contributed by atoms with Gasteiger partial charge in [0.2, 0.25) is 0 Å². The summed E-state index contributed by atoms with van der Waals surface area (Å²) in [6.45, 7) is 7.66. The molecule has 202 valence electrons. The van der Waals surface area contributed by atoms with Crippen molar-refractivity contribution in [2.45, 2.75) is 109 Å². The van der Waals surface area contributed by atoms with Crippen molar-refractivity contribution in [3.63, 3.8) is 0 Å². The maximum Gasteiger partial charge on any atom is 0.186 e. The third-order valence-electron chi connectivity index (χ3n) is 9.95. The fraction of sp³-hybridized carbons (Fsp3) is 0.923. The Morgan fingerprint density at radius 3 is 2.37 bits per heavy atom. The number of aliphatic hydroxyl groups excluding tert-OH is 7. The SMILES string of the molecule is CC1(C)[C@H]2CCC3=C[C@@](C)([C@@H](O)CO[C@@H]4O[C@H](CO)[C@@H](O)[C@H](O)[C@H]4O)CC[C@H]3[C@]2(C)C[C@H](O)[C@@H]1O. The van der Waals surface area contributed by atoms with Gasteiger partial charge in [0.25, 0.3) is 0 Å². The maximum atomic E-state index is 11.1. The lowest BCUT2D eigenvalue weighted by molar-refractivity contribution is -0.306. The summed E-state index contributed by atoms with van der Waals surface area (Å²) in [7, 11) is 0. The molecule has 3 fully saturated rings. The fourth-order valence-electron chi connectivity index (χ4n) is 7.74. The standard InChI is InChI=1S/C26H44O9/c1-24(2)17-6-5-13-9-25(3,8-7-14(13)26(17,4)10-15(28)22(24)33)18(29)12-34-23-21(32)20(31)19(30)16(11-27)35-23/h9,14-23,27-33H,5-8,10-12H2,1-4H3/t14-,15+,16-,17-,18+,19-,20+,21-,22+,23-,25+,26+/m1/s1. The van der Waals surface area contributed by atoms with Gasteiger partial charge in [-0.25, -0.2) is 0 Å². The van der Waals surface area contributed by atoms with Crippen LogP contribution in [0.15, 0.2) is 11.6 Å². The molecule has 4 aliphatic rings. The normalized spacial score (nSPS) is 50.6. The van der Waals surface area contributed by atoms with E-state index >= 15 is 0 Å². The van der Waals surface area contributed by atoms with Crippen LogP contribution in [-0.4, -0.2) is 98.0 Å². The Hall–Kier alpha value is -0.620. The zero-order chi connectivity index (χ0) is 25.9. The molecular weight excluding hydrogens is 456 g/mol. The molecule has 7 N–H and O–H groups in total. The largest absolute Gasteiger partial charge is 0.394 e. The number of hydrogen-bond donors (Lipinski definition) is 7. The number of ether oxygens (including phenoxy) is 2. The predicted molar refractivity (Wildman–Crippen MR) is 126 cm³/mol. The summed E-state index contributed by atoms with van der Waals surface area (Å²) >= 11 is 0. The van der Waals surface area contributed by atoms with Crippen LogP contribution in [0, 0.1) is 28.1 Å². The van der Waals surface area contributed by atoms with Gasteiger partial charge in [0.05, 0.1) is 31.5 Å². The maximum absolute atomic E-state index is 11.1. The lowest BCUT2D eigenvalue weighted by Crippen LogP contribution is -2.60. The summed E-state index contributed by atoms with van der Waals surface area (Å²) in [5.41, 5.74) is 0.206. The highest BCUT2D eigenvalue weighted by Crippen LogP contribution is 2.64. The molecule has 9 nitrogen and oxygen atoms in total. The molecule has 12 atom stereocenters. The molecule has 3 aliphatic carbocycles. The summed E-state index contributed by atoms with van der Waals surface area (Å²) < 4.78 is 11.0. The van der Waals surface area contributed by atoms with Gasteiger partial charge in [-0.3, -0.25) is 0 Å². The van der Waals surface area contributed by atoms with Crippen molar-refractivity contribution < 1.29 is 45.2 Å². The van der Waals surface area contributed by atoms with Crippen LogP contribution in [0.1, 0.15) is 59.8 Å². The lowest BCUT2D eigenvalue weighted by atomic mass is 9.44.